The number of hydrogen-bond donors (Lipinski definition) is 2. The molecule has 0 saturated heterocycles. The van der Waals surface area contributed by atoms with Crippen molar-refractivity contribution in [2.75, 3.05) is 27.2 Å². The van der Waals surface area contributed by atoms with Gasteiger partial charge in [0.1, 0.15) is 5.82 Å². The summed E-state index contributed by atoms with van der Waals surface area (Å²) in [7, 11) is 3.69. The van der Waals surface area contributed by atoms with E-state index in [1.807, 2.05) is 19.0 Å². The monoisotopic (exact) mass is 332 g/mol. The Morgan fingerprint density at radius 3 is 2.68 bits per heavy atom. The maximum Gasteiger partial charge on any atom is 0.252 e. The van der Waals surface area contributed by atoms with Gasteiger partial charge in [0.2, 0.25) is 0 Å². The Balaban J connectivity index is 2.88. The topological polar surface area (TPSA) is 52.6 Å². The van der Waals surface area contributed by atoms with Gasteiger partial charge in [-0.2, -0.15) is 0 Å². The van der Waals surface area contributed by atoms with E-state index in [1.54, 1.807) is 6.92 Å². The van der Waals surface area contributed by atoms with Gasteiger partial charge < -0.3 is 15.3 Å². The molecule has 6 heteroatoms. The van der Waals surface area contributed by atoms with Crippen molar-refractivity contribution in [2.24, 2.45) is 0 Å². The highest BCUT2D eigenvalue weighted by atomic mass is 79.9. The molecule has 1 rings (SSSR count). The number of nitrogens with one attached hydrogen (secondary N) is 1. The largest absolute Gasteiger partial charge is 0.394 e. The van der Waals surface area contributed by atoms with Gasteiger partial charge in [-0.1, -0.05) is 15.9 Å². The quantitative estimate of drug-likeness (QED) is 0.860. The third-order valence-corrected chi connectivity index (χ3v) is 3.52. The Labute approximate surface area is 120 Å². The molecule has 0 saturated carbocycles. The summed E-state index contributed by atoms with van der Waals surface area (Å²) in [4.78, 5) is 13.9. The maximum absolute atomic E-state index is 13.3. The normalized spacial score (nSPS) is 12.6. The molecule has 0 bridgehead atoms. The lowest BCUT2D eigenvalue weighted by Crippen LogP contribution is -2.44. The summed E-state index contributed by atoms with van der Waals surface area (Å²) in [5.74, 6) is -0.866. The second-order valence-electron chi connectivity index (χ2n) is 4.68. The van der Waals surface area contributed by atoms with Crippen LogP contribution in [0.4, 0.5) is 4.39 Å². The first kappa shape index (κ1) is 16.1. The van der Waals surface area contributed by atoms with Crippen LogP contribution in [0.15, 0.2) is 16.6 Å². The van der Waals surface area contributed by atoms with Gasteiger partial charge in [0.05, 0.1) is 12.6 Å². The molecule has 0 spiro atoms. The number of hydrogen-bond acceptors (Lipinski definition) is 3. The molecule has 0 aliphatic carbocycles. The Morgan fingerprint density at radius 2 is 2.16 bits per heavy atom. The molecule has 0 aliphatic heterocycles. The van der Waals surface area contributed by atoms with Crippen LogP contribution in [0.5, 0.6) is 0 Å². The van der Waals surface area contributed by atoms with E-state index in [4.69, 9.17) is 0 Å². The fourth-order valence-electron chi connectivity index (χ4n) is 1.73. The number of likely N-dealkylation sites (N-methyl/N-ethyl adjacent to an activating group) is 1. The van der Waals surface area contributed by atoms with E-state index in [9.17, 15) is 14.3 Å². The van der Waals surface area contributed by atoms with Gasteiger partial charge in [0, 0.05) is 16.6 Å². The number of aliphatic hydroxyl groups is 1. The van der Waals surface area contributed by atoms with E-state index >= 15 is 0 Å². The minimum Gasteiger partial charge on any atom is -0.394 e. The average molecular weight is 333 g/mol. The summed E-state index contributed by atoms with van der Waals surface area (Å²) in [5, 5.41) is 11.9. The zero-order valence-corrected chi connectivity index (χ0v) is 12.8. The molecule has 2 N–H and O–H groups in total. The van der Waals surface area contributed by atoms with E-state index in [0.717, 1.165) is 0 Å². The first-order chi connectivity index (χ1) is 8.85. The zero-order chi connectivity index (χ0) is 14.6. The highest BCUT2D eigenvalue weighted by Crippen LogP contribution is 2.21. The predicted octanol–water partition coefficient (Wildman–Crippen LogP) is 1.55. The SMILES string of the molecule is Cc1c(Br)cc(F)cc1C(=O)NC(CO)CN(C)C. The average Bonchev–Trinajstić information content (AvgIpc) is 2.32. The molecule has 0 aromatic heterocycles. The van der Waals surface area contributed by atoms with Crippen molar-refractivity contribution in [3.63, 3.8) is 0 Å². The molecular weight excluding hydrogens is 315 g/mol. The smallest absolute Gasteiger partial charge is 0.252 e. The lowest BCUT2D eigenvalue weighted by Gasteiger charge is -2.21. The third kappa shape index (κ3) is 4.56. The standard InChI is InChI=1S/C13H18BrFN2O2/c1-8-11(4-9(15)5-12(8)14)13(19)16-10(7-18)6-17(2)3/h4-5,10,18H,6-7H2,1-3H3,(H,16,19). The number of benzene rings is 1. The predicted molar refractivity (Wildman–Crippen MR) is 75.7 cm³/mol. The molecule has 1 amide bonds. The summed E-state index contributed by atoms with van der Waals surface area (Å²) in [6.45, 7) is 2.08. The minimum atomic E-state index is -0.476. The molecule has 0 aliphatic rings. The van der Waals surface area contributed by atoms with Crippen molar-refractivity contribution in [3.8, 4) is 0 Å². The van der Waals surface area contributed by atoms with Gasteiger partial charge in [0.25, 0.3) is 5.91 Å². The van der Waals surface area contributed by atoms with E-state index in [2.05, 4.69) is 21.2 Å². The molecule has 1 aromatic rings. The Hall–Kier alpha value is -0.980. The van der Waals surface area contributed by atoms with Crippen LogP contribution in [0.1, 0.15) is 15.9 Å². The second kappa shape index (κ2) is 6.98. The minimum absolute atomic E-state index is 0.167. The summed E-state index contributed by atoms with van der Waals surface area (Å²) >= 11 is 3.21. The van der Waals surface area contributed by atoms with Crippen molar-refractivity contribution in [3.05, 3.63) is 33.5 Å². The molecule has 1 unspecified atom stereocenters. The van der Waals surface area contributed by atoms with E-state index in [0.29, 0.717) is 16.6 Å². The van der Waals surface area contributed by atoms with Gasteiger partial charge >= 0.3 is 0 Å². The van der Waals surface area contributed by atoms with E-state index < -0.39 is 11.7 Å². The number of halogens is 2. The number of rotatable bonds is 5. The number of aliphatic hydroxyl groups excluding tert-OH is 1. The van der Waals surface area contributed by atoms with Gasteiger partial charge in [-0.3, -0.25) is 4.79 Å². The molecule has 0 fully saturated rings. The molecule has 106 valence electrons. The Kier molecular flexibility index (Phi) is 5.90. The van der Waals surface area contributed by atoms with Crippen LogP contribution in [-0.4, -0.2) is 49.2 Å². The first-order valence-corrected chi connectivity index (χ1v) is 6.66. The second-order valence-corrected chi connectivity index (χ2v) is 5.53. The summed E-state index contributed by atoms with van der Waals surface area (Å²) in [6.07, 6.45) is 0. The number of carbonyl (C=O) groups excluding carboxylic acids is 1. The summed E-state index contributed by atoms with van der Waals surface area (Å²) in [6, 6.07) is 2.12. The molecule has 1 atom stereocenters. The lowest BCUT2D eigenvalue weighted by molar-refractivity contribution is 0.0903. The van der Waals surface area contributed by atoms with Crippen LogP contribution in [-0.2, 0) is 0 Å². The Bertz CT molecular complexity index is 466. The fourth-order valence-corrected chi connectivity index (χ4v) is 2.17. The molecule has 0 radical (unpaired) electrons. The lowest BCUT2D eigenvalue weighted by atomic mass is 10.1. The van der Waals surface area contributed by atoms with Crippen LogP contribution in [0.3, 0.4) is 0 Å². The van der Waals surface area contributed by atoms with Crippen LogP contribution in [0, 0.1) is 12.7 Å². The molecule has 1 aromatic carbocycles. The number of amides is 1. The molecule has 19 heavy (non-hydrogen) atoms. The maximum atomic E-state index is 13.3. The Morgan fingerprint density at radius 1 is 1.53 bits per heavy atom. The fraction of sp³-hybridized carbons (Fsp3) is 0.462. The van der Waals surface area contributed by atoms with Crippen molar-refractivity contribution in [1.29, 1.82) is 0 Å². The molecule has 4 nitrogen and oxygen atoms in total. The third-order valence-electron chi connectivity index (χ3n) is 2.69. The summed E-state index contributed by atoms with van der Waals surface area (Å²) < 4.78 is 13.9. The van der Waals surface area contributed by atoms with Crippen molar-refractivity contribution < 1.29 is 14.3 Å². The van der Waals surface area contributed by atoms with Gasteiger partial charge in [0.15, 0.2) is 0 Å². The number of carbonyl (C=O) groups is 1. The van der Waals surface area contributed by atoms with Crippen LogP contribution in [0.2, 0.25) is 0 Å². The summed E-state index contributed by atoms with van der Waals surface area (Å²) in [5.41, 5.74) is 0.935. The van der Waals surface area contributed by atoms with Crippen LogP contribution in [0.25, 0.3) is 0 Å². The van der Waals surface area contributed by atoms with Crippen molar-refractivity contribution >= 4 is 21.8 Å². The number of nitrogens with zero attached hydrogens (tertiary/aromatic N) is 1. The molecule has 0 heterocycles. The molecular formula is C13H18BrFN2O2. The van der Waals surface area contributed by atoms with Gasteiger partial charge in [-0.25, -0.2) is 4.39 Å². The van der Waals surface area contributed by atoms with Crippen molar-refractivity contribution in [1.82, 2.24) is 10.2 Å². The van der Waals surface area contributed by atoms with Crippen LogP contribution < -0.4 is 5.32 Å². The van der Waals surface area contributed by atoms with Gasteiger partial charge in [-0.05, 0) is 38.7 Å². The van der Waals surface area contributed by atoms with Gasteiger partial charge in [-0.15, -0.1) is 0 Å². The van der Waals surface area contributed by atoms with E-state index in [-0.39, 0.29) is 18.2 Å². The zero-order valence-electron chi connectivity index (χ0n) is 11.2. The highest BCUT2D eigenvalue weighted by Gasteiger charge is 2.17. The van der Waals surface area contributed by atoms with Crippen LogP contribution >= 0.6 is 15.9 Å². The van der Waals surface area contributed by atoms with Crippen molar-refractivity contribution in [2.45, 2.75) is 13.0 Å². The first-order valence-electron chi connectivity index (χ1n) is 5.87. The highest BCUT2D eigenvalue weighted by molar-refractivity contribution is 9.10. The van der Waals surface area contributed by atoms with E-state index in [1.165, 1.54) is 12.1 Å².